The van der Waals surface area contributed by atoms with Gasteiger partial charge in [0.05, 0.1) is 5.52 Å². The van der Waals surface area contributed by atoms with Crippen LogP contribution in [0.3, 0.4) is 0 Å². The fraction of sp³-hybridized carbons (Fsp3) is 0.467. The van der Waals surface area contributed by atoms with Crippen molar-refractivity contribution in [1.29, 1.82) is 0 Å². The summed E-state index contributed by atoms with van der Waals surface area (Å²) in [4.78, 5) is 9.32. The van der Waals surface area contributed by atoms with Crippen LogP contribution < -0.4 is 5.32 Å². The molecule has 0 radical (unpaired) electrons. The van der Waals surface area contributed by atoms with E-state index in [1.807, 2.05) is 18.2 Å². The minimum atomic E-state index is -0.529. The molecule has 1 atom stereocenters. The van der Waals surface area contributed by atoms with Gasteiger partial charge >= 0.3 is 0 Å². The van der Waals surface area contributed by atoms with Crippen molar-refractivity contribution in [1.82, 2.24) is 9.97 Å². The first-order valence-corrected chi connectivity index (χ1v) is 8.90. The molecule has 110 valence electrons. The van der Waals surface area contributed by atoms with E-state index in [2.05, 4.69) is 21.4 Å². The van der Waals surface area contributed by atoms with E-state index in [0.717, 1.165) is 34.1 Å². The number of aromatic nitrogens is 2. The molecule has 2 fully saturated rings. The Morgan fingerprint density at radius 3 is 2.71 bits per heavy atom. The molecular weight excluding hydrogens is 325 g/mol. The van der Waals surface area contributed by atoms with E-state index >= 15 is 0 Å². The van der Waals surface area contributed by atoms with Crippen molar-refractivity contribution >= 4 is 51.7 Å². The second kappa shape index (κ2) is 5.18. The minimum Gasteiger partial charge on any atom is -0.367 e. The van der Waals surface area contributed by atoms with Gasteiger partial charge in [-0.2, -0.15) is 0 Å². The molecule has 3 nitrogen and oxygen atoms in total. The molecule has 1 heterocycles. The maximum atomic E-state index is 6.08. The van der Waals surface area contributed by atoms with Crippen LogP contribution in [-0.2, 0) is 0 Å². The molecule has 1 aromatic carbocycles. The van der Waals surface area contributed by atoms with Crippen molar-refractivity contribution in [2.45, 2.75) is 34.8 Å². The van der Waals surface area contributed by atoms with Gasteiger partial charge in [-0.05, 0) is 31.4 Å². The van der Waals surface area contributed by atoms with Gasteiger partial charge in [-0.25, -0.2) is 9.97 Å². The summed E-state index contributed by atoms with van der Waals surface area (Å²) in [5.74, 6) is 2.17. The standard InChI is InChI=1S/C15H15Cl2N3S/c16-15(17)7-9(15)8-21-14-19-12-4-2-1-3-11(12)13(20-14)18-10-5-6-10/h1-4,9-10H,5-8H2,(H,18,19,20). The highest BCUT2D eigenvalue weighted by Crippen LogP contribution is 2.54. The van der Waals surface area contributed by atoms with Crippen LogP contribution >= 0.6 is 35.0 Å². The molecule has 4 rings (SSSR count). The SMILES string of the molecule is ClC1(Cl)CC1CSc1nc(NC2CC2)c2ccccc2n1. The van der Waals surface area contributed by atoms with Gasteiger partial charge < -0.3 is 5.32 Å². The van der Waals surface area contributed by atoms with Gasteiger partial charge in [-0.1, -0.05) is 23.9 Å². The molecule has 2 aliphatic carbocycles. The number of anilines is 1. The second-order valence-electron chi connectivity index (χ2n) is 5.76. The summed E-state index contributed by atoms with van der Waals surface area (Å²) < 4.78 is -0.529. The topological polar surface area (TPSA) is 37.8 Å². The monoisotopic (exact) mass is 339 g/mol. The van der Waals surface area contributed by atoms with Crippen LogP contribution in [0.1, 0.15) is 19.3 Å². The number of hydrogen-bond donors (Lipinski definition) is 1. The molecule has 0 amide bonds. The molecule has 0 bridgehead atoms. The number of nitrogens with zero attached hydrogens (tertiary/aromatic N) is 2. The van der Waals surface area contributed by atoms with Gasteiger partial charge in [0.15, 0.2) is 5.16 Å². The number of benzene rings is 1. The van der Waals surface area contributed by atoms with Crippen LogP contribution in [0.5, 0.6) is 0 Å². The summed E-state index contributed by atoms with van der Waals surface area (Å²) in [6.45, 7) is 0. The highest BCUT2D eigenvalue weighted by atomic mass is 35.5. The smallest absolute Gasteiger partial charge is 0.190 e. The van der Waals surface area contributed by atoms with Gasteiger partial charge in [-0.3, -0.25) is 0 Å². The molecule has 1 N–H and O–H groups in total. The molecular formula is C15H15Cl2N3S. The van der Waals surface area contributed by atoms with Crippen LogP contribution in [-0.4, -0.2) is 26.1 Å². The molecule has 6 heteroatoms. The second-order valence-corrected chi connectivity index (χ2v) is 8.29. The normalized spacial score (nSPS) is 23.2. The zero-order valence-corrected chi connectivity index (χ0v) is 13.7. The molecule has 1 unspecified atom stereocenters. The van der Waals surface area contributed by atoms with Gasteiger partial charge in [0.25, 0.3) is 0 Å². The molecule has 2 aromatic rings. The summed E-state index contributed by atoms with van der Waals surface area (Å²) >= 11 is 13.8. The van der Waals surface area contributed by atoms with E-state index in [0.29, 0.717) is 12.0 Å². The van der Waals surface area contributed by atoms with Crippen LogP contribution in [0.4, 0.5) is 5.82 Å². The van der Waals surface area contributed by atoms with Crippen LogP contribution in [0.25, 0.3) is 10.9 Å². The Bertz CT molecular complexity index is 688. The fourth-order valence-electron chi connectivity index (χ4n) is 2.28. The summed E-state index contributed by atoms with van der Waals surface area (Å²) in [6, 6.07) is 8.70. The average Bonchev–Trinajstić information content (AvgIpc) is 3.36. The number of rotatable bonds is 5. The van der Waals surface area contributed by atoms with Gasteiger partial charge in [0.2, 0.25) is 0 Å². The minimum absolute atomic E-state index is 0.348. The molecule has 2 aliphatic rings. The van der Waals surface area contributed by atoms with Crippen molar-refractivity contribution in [3.63, 3.8) is 0 Å². The van der Waals surface area contributed by atoms with Gasteiger partial charge in [0, 0.05) is 23.1 Å². The number of para-hydroxylation sites is 1. The van der Waals surface area contributed by atoms with E-state index in [4.69, 9.17) is 23.2 Å². The van der Waals surface area contributed by atoms with E-state index in [-0.39, 0.29) is 0 Å². The molecule has 0 aliphatic heterocycles. The Labute approximate surface area is 137 Å². The summed E-state index contributed by atoms with van der Waals surface area (Å²) in [5, 5.41) is 5.39. The molecule has 0 saturated heterocycles. The Hall–Kier alpha value is -0.710. The lowest BCUT2D eigenvalue weighted by atomic mass is 10.2. The Morgan fingerprint density at radius 1 is 1.24 bits per heavy atom. The predicted molar refractivity (Wildman–Crippen MR) is 89.5 cm³/mol. The number of alkyl halides is 2. The lowest BCUT2D eigenvalue weighted by Crippen LogP contribution is -2.05. The quantitative estimate of drug-likeness (QED) is 0.494. The summed E-state index contributed by atoms with van der Waals surface area (Å²) in [6.07, 6.45) is 3.32. The first kappa shape index (κ1) is 13.9. The van der Waals surface area contributed by atoms with Crippen molar-refractivity contribution in [3.05, 3.63) is 24.3 Å². The van der Waals surface area contributed by atoms with E-state index in [1.165, 1.54) is 12.8 Å². The fourth-order valence-corrected chi connectivity index (χ4v) is 4.06. The molecule has 0 spiro atoms. The number of hydrogen-bond acceptors (Lipinski definition) is 4. The third-order valence-electron chi connectivity index (χ3n) is 3.87. The number of nitrogens with one attached hydrogen (secondary N) is 1. The van der Waals surface area contributed by atoms with Gasteiger partial charge in [0.1, 0.15) is 10.2 Å². The van der Waals surface area contributed by atoms with Crippen molar-refractivity contribution < 1.29 is 0 Å². The predicted octanol–water partition coefficient (Wildman–Crippen LogP) is 4.49. The van der Waals surface area contributed by atoms with Crippen LogP contribution in [0.2, 0.25) is 0 Å². The Balaban J connectivity index is 1.59. The number of halogens is 2. The van der Waals surface area contributed by atoms with Crippen molar-refractivity contribution in [2.24, 2.45) is 5.92 Å². The summed E-state index contributed by atoms with van der Waals surface area (Å²) in [5.41, 5.74) is 0.983. The van der Waals surface area contributed by atoms with Crippen LogP contribution in [0, 0.1) is 5.92 Å². The molecule has 21 heavy (non-hydrogen) atoms. The number of thioether (sulfide) groups is 1. The maximum absolute atomic E-state index is 6.08. The highest BCUT2D eigenvalue weighted by molar-refractivity contribution is 7.99. The lowest BCUT2D eigenvalue weighted by Gasteiger charge is -2.09. The van der Waals surface area contributed by atoms with Crippen molar-refractivity contribution in [2.75, 3.05) is 11.1 Å². The molecule has 1 aromatic heterocycles. The van der Waals surface area contributed by atoms with Crippen LogP contribution in [0.15, 0.2) is 29.4 Å². The van der Waals surface area contributed by atoms with Gasteiger partial charge in [-0.15, -0.1) is 23.2 Å². The zero-order valence-electron chi connectivity index (χ0n) is 11.4. The maximum Gasteiger partial charge on any atom is 0.190 e. The third-order valence-corrected chi connectivity index (χ3v) is 5.81. The Kier molecular flexibility index (Phi) is 3.43. The average molecular weight is 340 g/mol. The largest absolute Gasteiger partial charge is 0.367 e. The zero-order chi connectivity index (χ0) is 14.4. The van der Waals surface area contributed by atoms with Crippen molar-refractivity contribution in [3.8, 4) is 0 Å². The van der Waals surface area contributed by atoms with E-state index in [9.17, 15) is 0 Å². The Morgan fingerprint density at radius 2 is 2.00 bits per heavy atom. The molecule has 2 saturated carbocycles. The van der Waals surface area contributed by atoms with E-state index in [1.54, 1.807) is 11.8 Å². The first-order chi connectivity index (χ1) is 10.1. The first-order valence-electron chi connectivity index (χ1n) is 7.16. The highest BCUT2D eigenvalue weighted by Gasteiger charge is 2.51. The lowest BCUT2D eigenvalue weighted by molar-refractivity contribution is 0.949. The summed E-state index contributed by atoms with van der Waals surface area (Å²) in [7, 11) is 0. The number of fused-ring (bicyclic) bond motifs is 1. The third kappa shape index (κ3) is 3.08. The van der Waals surface area contributed by atoms with E-state index < -0.39 is 4.33 Å².